The van der Waals surface area contributed by atoms with Crippen LogP contribution in [-0.4, -0.2) is 14.5 Å². The fourth-order valence-electron chi connectivity index (χ4n) is 1.59. The van der Waals surface area contributed by atoms with Gasteiger partial charge in [0.2, 0.25) is 0 Å². The molecule has 0 amide bonds. The third-order valence-electron chi connectivity index (χ3n) is 2.43. The van der Waals surface area contributed by atoms with Crippen molar-refractivity contribution in [1.82, 2.24) is 14.5 Å². The predicted molar refractivity (Wildman–Crippen MR) is 60.8 cm³/mol. The molecule has 0 bridgehead atoms. The molecular formula is C10H14N4S. The van der Waals surface area contributed by atoms with Crippen LogP contribution in [-0.2, 0) is 6.54 Å². The Morgan fingerprint density at radius 3 is 2.93 bits per heavy atom. The van der Waals surface area contributed by atoms with Crippen LogP contribution in [0.15, 0.2) is 17.9 Å². The van der Waals surface area contributed by atoms with Gasteiger partial charge in [-0.1, -0.05) is 0 Å². The first-order valence-electron chi connectivity index (χ1n) is 4.90. The van der Waals surface area contributed by atoms with Gasteiger partial charge in [-0.15, -0.1) is 11.3 Å². The van der Waals surface area contributed by atoms with Crippen molar-refractivity contribution in [2.24, 2.45) is 5.73 Å². The topological polar surface area (TPSA) is 56.7 Å². The molecule has 2 rings (SSSR count). The number of nitrogens with two attached hydrogens (primary N) is 1. The van der Waals surface area contributed by atoms with E-state index >= 15 is 0 Å². The second-order valence-corrected chi connectivity index (χ2v) is 4.24. The Kier molecular flexibility index (Phi) is 2.83. The maximum Gasteiger partial charge on any atom is 0.131 e. The fourth-order valence-corrected chi connectivity index (χ4v) is 2.39. The number of aryl methyl sites for hydroxylation is 2. The summed E-state index contributed by atoms with van der Waals surface area (Å²) in [6.45, 7) is 4.95. The maximum atomic E-state index is 6.17. The van der Waals surface area contributed by atoms with Gasteiger partial charge in [0, 0.05) is 18.9 Å². The minimum Gasteiger partial charge on any atom is -0.334 e. The molecule has 5 heteroatoms. The van der Waals surface area contributed by atoms with Crippen molar-refractivity contribution in [3.8, 4) is 0 Å². The molecule has 2 aromatic rings. The molecule has 2 N–H and O–H groups in total. The Morgan fingerprint density at radius 1 is 1.53 bits per heavy atom. The van der Waals surface area contributed by atoms with Crippen LogP contribution < -0.4 is 5.73 Å². The van der Waals surface area contributed by atoms with Gasteiger partial charge in [0.1, 0.15) is 11.9 Å². The van der Waals surface area contributed by atoms with Crippen molar-refractivity contribution >= 4 is 11.3 Å². The largest absolute Gasteiger partial charge is 0.334 e. The van der Waals surface area contributed by atoms with E-state index < -0.39 is 0 Å². The molecule has 15 heavy (non-hydrogen) atoms. The molecule has 0 aliphatic carbocycles. The van der Waals surface area contributed by atoms with Gasteiger partial charge in [-0.05, 0) is 13.8 Å². The van der Waals surface area contributed by atoms with Gasteiger partial charge in [0.15, 0.2) is 0 Å². The lowest BCUT2D eigenvalue weighted by atomic mass is 10.2. The van der Waals surface area contributed by atoms with Gasteiger partial charge in [0.25, 0.3) is 0 Å². The van der Waals surface area contributed by atoms with E-state index in [0.29, 0.717) is 0 Å². The Morgan fingerprint density at radius 2 is 2.33 bits per heavy atom. The summed E-state index contributed by atoms with van der Waals surface area (Å²) in [5.74, 6) is 0.907. The van der Waals surface area contributed by atoms with Crippen LogP contribution in [0.4, 0.5) is 0 Å². The molecule has 0 spiro atoms. The molecule has 80 valence electrons. The van der Waals surface area contributed by atoms with E-state index in [9.17, 15) is 0 Å². The summed E-state index contributed by atoms with van der Waals surface area (Å²) in [5, 5.41) is 0. The van der Waals surface area contributed by atoms with Crippen LogP contribution in [0.5, 0.6) is 0 Å². The molecule has 0 radical (unpaired) electrons. The number of rotatable bonds is 3. The summed E-state index contributed by atoms with van der Waals surface area (Å²) in [7, 11) is 0. The first-order chi connectivity index (χ1) is 7.24. The van der Waals surface area contributed by atoms with Gasteiger partial charge in [0.05, 0.1) is 16.1 Å². The van der Waals surface area contributed by atoms with E-state index in [0.717, 1.165) is 22.9 Å². The highest BCUT2D eigenvalue weighted by Gasteiger charge is 2.17. The second-order valence-electron chi connectivity index (χ2n) is 3.35. The number of hydrogen-bond donors (Lipinski definition) is 1. The Balaban J connectivity index is 2.36. The van der Waals surface area contributed by atoms with Gasteiger partial charge in [-0.2, -0.15) is 0 Å². The number of hydrogen-bond acceptors (Lipinski definition) is 4. The molecule has 1 atom stereocenters. The fraction of sp³-hybridized carbons (Fsp3) is 0.400. The van der Waals surface area contributed by atoms with E-state index in [2.05, 4.69) is 21.5 Å². The van der Waals surface area contributed by atoms with Gasteiger partial charge >= 0.3 is 0 Å². The molecule has 0 saturated carbocycles. The highest BCUT2D eigenvalue weighted by Crippen LogP contribution is 2.24. The molecule has 0 aliphatic heterocycles. The number of nitrogens with zero attached hydrogens (tertiary/aromatic N) is 3. The number of aromatic nitrogens is 3. The first-order valence-corrected chi connectivity index (χ1v) is 5.78. The van der Waals surface area contributed by atoms with Crippen LogP contribution in [0.3, 0.4) is 0 Å². The Bertz CT molecular complexity index is 446. The summed E-state index contributed by atoms with van der Waals surface area (Å²) in [6, 6.07) is -0.160. The van der Waals surface area contributed by atoms with Crippen molar-refractivity contribution in [1.29, 1.82) is 0 Å². The quantitative estimate of drug-likeness (QED) is 0.860. The predicted octanol–water partition coefficient (Wildman–Crippen LogP) is 1.72. The zero-order chi connectivity index (χ0) is 10.8. The molecule has 2 heterocycles. The van der Waals surface area contributed by atoms with Crippen LogP contribution in [0, 0.1) is 6.92 Å². The summed E-state index contributed by atoms with van der Waals surface area (Å²) < 4.78 is 2.06. The molecule has 0 fully saturated rings. The standard InChI is InChI=1S/C10H14N4S/c1-3-14-5-4-12-10(14)8(11)9-7(2)13-6-15-9/h4-6,8H,3,11H2,1-2H3. The van der Waals surface area contributed by atoms with Crippen molar-refractivity contribution in [2.75, 3.05) is 0 Å². The highest BCUT2D eigenvalue weighted by molar-refractivity contribution is 7.09. The molecule has 0 saturated heterocycles. The zero-order valence-corrected chi connectivity index (χ0v) is 9.66. The van der Waals surface area contributed by atoms with E-state index in [1.807, 2.05) is 18.6 Å². The number of thiazole rings is 1. The molecule has 4 nitrogen and oxygen atoms in total. The van der Waals surface area contributed by atoms with Crippen LogP contribution in [0.1, 0.15) is 29.4 Å². The van der Waals surface area contributed by atoms with Crippen molar-refractivity contribution < 1.29 is 0 Å². The van der Waals surface area contributed by atoms with Crippen molar-refractivity contribution in [3.63, 3.8) is 0 Å². The Labute approximate surface area is 92.8 Å². The molecule has 0 aromatic carbocycles. The lowest BCUT2D eigenvalue weighted by Crippen LogP contribution is -2.17. The lowest BCUT2D eigenvalue weighted by molar-refractivity contribution is 0.659. The molecule has 0 aliphatic rings. The van der Waals surface area contributed by atoms with Crippen LogP contribution >= 0.6 is 11.3 Å². The SMILES string of the molecule is CCn1ccnc1C(N)c1scnc1C. The lowest BCUT2D eigenvalue weighted by Gasteiger charge is -2.11. The van der Waals surface area contributed by atoms with Crippen molar-refractivity contribution in [3.05, 3.63) is 34.3 Å². The number of imidazole rings is 1. The first kappa shape index (κ1) is 10.3. The van der Waals surface area contributed by atoms with E-state index in [-0.39, 0.29) is 6.04 Å². The van der Waals surface area contributed by atoms with Crippen LogP contribution in [0.25, 0.3) is 0 Å². The van der Waals surface area contributed by atoms with E-state index in [4.69, 9.17) is 5.73 Å². The molecule has 2 aromatic heterocycles. The van der Waals surface area contributed by atoms with Gasteiger partial charge in [-0.3, -0.25) is 0 Å². The zero-order valence-electron chi connectivity index (χ0n) is 8.84. The van der Waals surface area contributed by atoms with E-state index in [1.54, 1.807) is 17.5 Å². The third kappa shape index (κ3) is 1.80. The average molecular weight is 222 g/mol. The summed E-state index contributed by atoms with van der Waals surface area (Å²) >= 11 is 1.59. The maximum absolute atomic E-state index is 6.17. The Hall–Kier alpha value is -1.20. The van der Waals surface area contributed by atoms with Gasteiger partial charge in [-0.25, -0.2) is 9.97 Å². The van der Waals surface area contributed by atoms with E-state index in [1.165, 1.54) is 0 Å². The molecule has 1 unspecified atom stereocenters. The smallest absolute Gasteiger partial charge is 0.131 e. The minimum atomic E-state index is -0.160. The van der Waals surface area contributed by atoms with Crippen molar-refractivity contribution in [2.45, 2.75) is 26.4 Å². The van der Waals surface area contributed by atoms with Gasteiger partial charge < -0.3 is 10.3 Å². The third-order valence-corrected chi connectivity index (χ3v) is 3.45. The second kappa shape index (κ2) is 4.12. The van der Waals surface area contributed by atoms with Crippen LogP contribution in [0.2, 0.25) is 0 Å². The minimum absolute atomic E-state index is 0.160. The monoisotopic (exact) mass is 222 g/mol. The normalized spacial score (nSPS) is 13.0. The summed E-state index contributed by atoms with van der Waals surface area (Å²) in [6.07, 6.45) is 3.74. The summed E-state index contributed by atoms with van der Waals surface area (Å²) in [4.78, 5) is 9.60. The molecular weight excluding hydrogens is 208 g/mol. The highest BCUT2D eigenvalue weighted by atomic mass is 32.1. The summed E-state index contributed by atoms with van der Waals surface area (Å²) in [5.41, 5.74) is 8.99. The average Bonchev–Trinajstić information content (AvgIpc) is 2.84.